The summed E-state index contributed by atoms with van der Waals surface area (Å²) in [6.45, 7) is -3.14. The van der Waals surface area contributed by atoms with Crippen LogP contribution in [0.25, 0.3) is 6.08 Å². The predicted molar refractivity (Wildman–Crippen MR) is 121 cm³/mol. The number of hydrogen-bond acceptors (Lipinski definition) is 8. The molecule has 10 nitrogen and oxygen atoms in total. The molecule has 13 heteroatoms. The molecule has 2 N–H and O–H groups in total. The molecule has 3 rings (SSSR count). The van der Waals surface area contributed by atoms with E-state index in [0.29, 0.717) is 23.0 Å². The Morgan fingerprint density at radius 2 is 1.94 bits per heavy atom. The number of carbonyl (C=O) groups is 3. The van der Waals surface area contributed by atoms with Gasteiger partial charge in [-0.2, -0.15) is 8.78 Å². The van der Waals surface area contributed by atoms with E-state index >= 15 is 0 Å². The summed E-state index contributed by atoms with van der Waals surface area (Å²) in [6, 6.07) is 9.33. The molecule has 1 heterocycles. The van der Waals surface area contributed by atoms with E-state index in [1.54, 1.807) is 7.05 Å². The molecule has 0 atom stereocenters. The zero-order valence-corrected chi connectivity index (χ0v) is 18.4. The number of ether oxygens (including phenoxy) is 1. The third-order valence-corrected chi connectivity index (χ3v) is 5.53. The van der Waals surface area contributed by atoms with Gasteiger partial charge in [0.05, 0.1) is 15.4 Å². The molecule has 178 valence electrons. The number of nitrogens with one attached hydrogen (secondary N) is 2. The van der Waals surface area contributed by atoms with Gasteiger partial charge in [-0.25, -0.2) is 0 Å². The fourth-order valence-corrected chi connectivity index (χ4v) is 3.88. The van der Waals surface area contributed by atoms with Crippen molar-refractivity contribution in [3.8, 4) is 5.75 Å². The third-order valence-electron chi connectivity index (χ3n) is 4.63. The summed E-state index contributed by atoms with van der Waals surface area (Å²) < 4.78 is 28.7. The summed E-state index contributed by atoms with van der Waals surface area (Å²) >= 11 is 0.708. The minimum absolute atomic E-state index is 0.0406. The van der Waals surface area contributed by atoms with E-state index in [1.165, 1.54) is 42.5 Å². The SMILES string of the molecule is CNc1ccc([N+](=O)[O-])cc1C(=O)NCCN1C(=O)S/C(=C\c2ccc(OC(F)F)cc2)C1=O. The molecule has 0 aliphatic carbocycles. The molecule has 0 saturated carbocycles. The minimum Gasteiger partial charge on any atom is -0.435 e. The number of alkyl halides is 2. The zero-order valence-electron chi connectivity index (χ0n) is 17.6. The summed E-state index contributed by atoms with van der Waals surface area (Å²) in [7, 11) is 1.56. The van der Waals surface area contributed by atoms with Crippen LogP contribution in [0.3, 0.4) is 0 Å². The average Bonchev–Trinajstić information content (AvgIpc) is 3.06. The number of imide groups is 1. The molecule has 2 aromatic rings. The van der Waals surface area contributed by atoms with E-state index in [9.17, 15) is 33.3 Å². The first-order valence-electron chi connectivity index (χ1n) is 9.74. The van der Waals surface area contributed by atoms with Crippen LogP contribution in [0.4, 0.5) is 25.0 Å². The van der Waals surface area contributed by atoms with Crippen LogP contribution in [0.1, 0.15) is 15.9 Å². The number of non-ortho nitro benzene ring substituents is 1. The lowest BCUT2D eigenvalue weighted by Crippen LogP contribution is -2.37. The summed E-state index contributed by atoms with van der Waals surface area (Å²) in [5, 5.41) is 15.8. The zero-order chi connectivity index (χ0) is 24.8. The highest BCUT2D eigenvalue weighted by molar-refractivity contribution is 8.18. The Bertz CT molecular complexity index is 1160. The Morgan fingerprint density at radius 3 is 2.56 bits per heavy atom. The first kappa shape index (κ1) is 24.6. The molecule has 34 heavy (non-hydrogen) atoms. The molecule has 3 amide bonds. The second-order valence-corrected chi connectivity index (χ2v) is 7.77. The number of rotatable bonds is 9. The largest absolute Gasteiger partial charge is 0.435 e. The molecule has 0 bridgehead atoms. The second kappa shape index (κ2) is 10.7. The van der Waals surface area contributed by atoms with Gasteiger partial charge in [-0.15, -0.1) is 0 Å². The van der Waals surface area contributed by atoms with Crippen molar-refractivity contribution in [1.82, 2.24) is 10.2 Å². The van der Waals surface area contributed by atoms with Crippen LogP contribution in [0.2, 0.25) is 0 Å². The van der Waals surface area contributed by atoms with Gasteiger partial charge in [0.2, 0.25) is 0 Å². The van der Waals surface area contributed by atoms with Crippen LogP contribution in [0, 0.1) is 10.1 Å². The van der Waals surface area contributed by atoms with E-state index in [-0.39, 0.29) is 35.0 Å². The van der Waals surface area contributed by atoms with Crippen LogP contribution < -0.4 is 15.4 Å². The lowest BCUT2D eigenvalue weighted by Gasteiger charge is -2.14. The van der Waals surface area contributed by atoms with Gasteiger partial charge in [-0.3, -0.25) is 29.4 Å². The van der Waals surface area contributed by atoms with Crippen LogP contribution in [-0.4, -0.2) is 53.6 Å². The van der Waals surface area contributed by atoms with Crippen LogP contribution in [0.5, 0.6) is 5.75 Å². The van der Waals surface area contributed by atoms with Crippen molar-refractivity contribution in [2.45, 2.75) is 6.61 Å². The standard InChI is InChI=1S/C21H18F2N4O6S/c1-24-16-7-4-13(27(31)32)11-15(16)18(28)25-8-9-26-19(29)17(34-21(26)30)10-12-2-5-14(6-3-12)33-20(22)23/h2-7,10-11,20,24H,8-9H2,1H3,(H,25,28)/b17-10-. The molecule has 1 saturated heterocycles. The maximum atomic E-state index is 12.6. The maximum absolute atomic E-state index is 12.6. The van der Waals surface area contributed by atoms with Gasteiger partial charge < -0.3 is 15.4 Å². The third kappa shape index (κ3) is 5.86. The fraction of sp³-hybridized carbons (Fsp3) is 0.190. The average molecular weight is 492 g/mol. The molecular formula is C21H18F2N4O6S. The van der Waals surface area contributed by atoms with Gasteiger partial charge >= 0.3 is 6.61 Å². The van der Waals surface area contributed by atoms with Crippen molar-refractivity contribution in [2.75, 3.05) is 25.5 Å². The predicted octanol–water partition coefficient (Wildman–Crippen LogP) is 3.70. The van der Waals surface area contributed by atoms with E-state index in [2.05, 4.69) is 15.4 Å². The van der Waals surface area contributed by atoms with Gasteiger partial charge in [0.1, 0.15) is 5.75 Å². The Kier molecular flexibility index (Phi) is 7.79. The summed E-state index contributed by atoms with van der Waals surface area (Å²) in [5.74, 6) is -1.22. The first-order valence-corrected chi connectivity index (χ1v) is 10.6. The van der Waals surface area contributed by atoms with Gasteiger partial charge in [-0.1, -0.05) is 12.1 Å². The van der Waals surface area contributed by atoms with Gasteiger partial charge in [0.25, 0.3) is 22.7 Å². The van der Waals surface area contributed by atoms with E-state index < -0.39 is 28.6 Å². The number of nitro benzene ring substituents is 1. The van der Waals surface area contributed by atoms with E-state index in [0.717, 1.165) is 11.0 Å². The second-order valence-electron chi connectivity index (χ2n) is 6.77. The van der Waals surface area contributed by atoms with Crippen LogP contribution >= 0.6 is 11.8 Å². The quantitative estimate of drug-likeness (QED) is 0.308. The van der Waals surface area contributed by atoms with Gasteiger partial charge in [0, 0.05) is 38.0 Å². The van der Waals surface area contributed by atoms with Crippen molar-refractivity contribution in [1.29, 1.82) is 0 Å². The highest BCUT2D eigenvalue weighted by Crippen LogP contribution is 2.32. The molecule has 1 fully saturated rings. The summed E-state index contributed by atoms with van der Waals surface area (Å²) in [6.07, 6.45) is 1.44. The Balaban J connectivity index is 1.62. The Hall–Kier alpha value is -4.00. The number of anilines is 1. The van der Waals surface area contributed by atoms with Crippen molar-refractivity contribution in [3.63, 3.8) is 0 Å². The molecule has 0 unspecified atom stereocenters. The van der Waals surface area contributed by atoms with E-state index in [1.807, 2.05) is 0 Å². The molecule has 1 aliphatic heterocycles. The van der Waals surface area contributed by atoms with Gasteiger partial charge in [0.15, 0.2) is 0 Å². The van der Waals surface area contributed by atoms with Crippen LogP contribution in [-0.2, 0) is 4.79 Å². The summed E-state index contributed by atoms with van der Waals surface area (Å²) in [4.78, 5) is 48.8. The van der Waals surface area contributed by atoms with Gasteiger partial charge in [-0.05, 0) is 41.6 Å². The highest BCUT2D eigenvalue weighted by atomic mass is 32.2. The number of amides is 3. The summed E-state index contributed by atoms with van der Waals surface area (Å²) in [5.41, 5.74) is 0.673. The van der Waals surface area contributed by atoms with Crippen molar-refractivity contribution < 1.29 is 32.8 Å². The van der Waals surface area contributed by atoms with E-state index in [4.69, 9.17) is 0 Å². The van der Waals surface area contributed by atoms with Crippen molar-refractivity contribution in [3.05, 3.63) is 68.6 Å². The Morgan fingerprint density at radius 1 is 1.24 bits per heavy atom. The highest BCUT2D eigenvalue weighted by Gasteiger charge is 2.34. The molecule has 2 aromatic carbocycles. The minimum atomic E-state index is -2.95. The lowest BCUT2D eigenvalue weighted by molar-refractivity contribution is -0.384. The smallest absolute Gasteiger partial charge is 0.387 e. The number of thioether (sulfide) groups is 1. The molecule has 0 radical (unpaired) electrons. The maximum Gasteiger partial charge on any atom is 0.387 e. The fourth-order valence-electron chi connectivity index (χ4n) is 3.02. The number of nitro groups is 1. The first-order chi connectivity index (χ1) is 16.2. The molecule has 1 aliphatic rings. The topological polar surface area (TPSA) is 131 Å². The molecular weight excluding hydrogens is 474 g/mol. The number of benzene rings is 2. The van der Waals surface area contributed by atoms with Crippen molar-refractivity contribution >= 4 is 46.3 Å². The number of hydrogen-bond donors (Lipinski definition) is 2. The number of halogens is 2. The number of nitrogens with zero attached hydrogens (tertiary/aromatic N) is 2. The Labute approximate surface area is 196 Å². The monoisotopic (exact) mass is 492 g/mol. The normalized spacial score (nSPS) is 14.6. The molecule has 0 spiro atoms. The number of carbonyl (C=O) groups excluding carboxylic acids is 3. The molecule has 0 aromatic heterocycles. The lowest BCUT2D eigenvalue weighted by atomic mass is 10.1. The van der Waals surface area contributed by atoms with Crippen LogP contribution in [0.15, 0.2) is 47.4 Å². The van der Waals surface area contributed by atoms with Crippen molar-refractivity contribution in [2.24, 2.45) is 0 Å².